The Kier molecular flexibility index (Phi) is 4.63. The molecule has 1 aromatic carbocycles. The number of urea groups is 1. The van der Waals surface area contributed by atoms with Crippen molar-refractivity contribution in [3.63, 3.8) is 0 Å². The molecule has 1 heterocycles. The quantitative estimate of drug-likeness (QED) is 0.520. The average molecular weight is 319 g/mol. The van der Waals surface area contributed by atoms with Crippen LogP contribution in [0.1, 0.15) is 25.5 Å². The number of allylic oxidation sites excluding steroid dienone is 1. The number of nitrogens with one attached hydrogen (secondary N) is 1. The van der Waals surface area contributed by atoms with E-state index in [9.17, 15) is 19.7 Å². The first-order valence-electron chi connectivity index (χ1n) is 7.03. The Morgan fingerprint density at radius 2 is 2.00 bits per heavy atom. The highest BCUT2D eigenvalue weighted by Gasteiger charge is 2.35. The third kappa shape index (κ3) is 3.15. The van der Waals surface area contributed by atoms with E-state index in [1.165, 1.54) is 29.2 Å². The van der Waals surface area contributed by atoms with Gasteiger partial charge in [-0.2, -0.15) is 0 Å². The van der Waals surface area contributed by atoms with Gasteiger partial charge in [0, 0.05) is 24.9 Å². The number of hydrogen-bond donors (Lipinski definition) is 1. The largest absolute Gasteiger partial charge is 0.463 e. The summed E-state index contributed by atoms with van der Waals surface area (Å²) in [6, 6.07) is 4.62. The number of nitro groups is 1. The van der Waals surface area contributed by atoms with Gasteiger partial charge < -0.3 is 15.0 Å². The van der Waals surface area contributed by atoms with E-state index in [2.05, 4.69) is 5.32 Å². The van der Waals surface area contributed by atoms with Crippen LogP contribution in [0.25, 0.3) is 0 Å². The molecule has 1 N–H and O–H groups in total. The van der Waals surface area contributed by atoms with Crippen LogP contribution in [0.5, 0.6) is 0 Å². The number of rotatable bonds is 4. The molecular formula is C15H17N3O5. The van der Waals surface area contributed by atoms with E-state index in [1.807, 2.05) is 0 Å². The molecular weight excluding hydrogens is 302 g/mol. The molecule has 0 saturated carbocycles. The molecule has 122 valence electrons. The van der Waals surface area contributed by atoms with E-state index in [1.54, 1.807) is 20.9 Å². The fraction of sp³-hybridized carbons (Fsp3) is 0.333. The van der Waals surface area contributed by atoms with Gasteiger partial charge in [0.1, 0.15) is 0 Å². The molecule has 1 aromatic rings. The predicted molar refractivity (Wildman–Crippen MR) is 81.5 cm³/mol. The summed E-state index contributed by atoms with van der Waals surface area (Å²) in [6.45, 7) is 3.56. The van der Waals surface area contributed by atoms with Crippen LogP contribution in [-0.2, 0) is 9.53 Å². The molecule has 23 heavy (non-hydrogen) atoms. The Hall–Kier alpha value is -2.90. The Morgan fingerprint density at radius 3 is 2.52 bits per heavy atom. The number of benzene rings is 1. The second-order valence-corrected chi connectivity index (χ2v) is 5.01. The summed E-state index contributed by atoms with van der Waals surface area (Å²) in [5.41, 5.74) is 1.30. The van der Waals surface area contributed by atoms with E-state index in [4.69, 9.17) is 4.74 Å². The lowest BCUT2D eigenvalue weighted by Crippen LogP contribution is -2.46. The minimum Gasteiger partial charge on any atom is -0.463 e. The molecule has 1 aliphatic rings. The van der Waals surface area contributed by atoms with Gasteiger partial charge in [0.2, 0.25) is 0 Å². The van der Waals surface area contributed by atoms with Gasteiger partial charge in [-0.25, -0.2) is 9.59 Å². The van der Waals surface area contributed by atoms with Crippen LogP contribution < -0.4 is 5.32 Å². The normalized spacial score (nSPS) is 17.8. The molecule has 8 nitrogen and oxygen atoms in total. The van der Waals surface area contributed by atoms with Gasteiger partial charge in [0.25, 0.3) is 5.69 Å². The maximum Gasteiger partial charge on any atom is 0.338 e. The van der Waals surface area contributed by atoms with E-state index in [-0.39, 0.29) is 18.3 Å². The van der Waals surface area contributed by atoms with Crippen LogP contribution in [0.4, 0.5) is 10.5 Å². The Bertz CT molecular complexity index is 681. The molecule has 0 unspecified atom stereocenters. The monoisotopic (exact) mass is 319 g/mol. The number of nitrogens with zero attached hydrogens (tertiary/aromatic N) is 2. The minimum absolute atomic E-state index is 0.0635. The summed E-state index contributed by atoms with van der Waals surface area (Å²) in [5, 5.41) is 13.4. The average Bonchev–Trinajstić information content (AvgIpc) is 2.52. The lowest BCUT2D eigenvalue weighted by Gasteiger charge is -2.33. The van der Waals surface area contributed by atoms with Crippen LogP contribution in [-0.4, -0.2) is 35.5 Å². The Labute approximate surface area is 132 Å². The molecule has 2 rings (SSSR count). The lowest BCUT2D eigenvalue weighted by molar-refractivity contribution is -0.384. The molecule has 0 fully saturated rings. The van der Waals surface area contributed by atoms with Crippen LogP contribution in [0.15, 0.2) is 35.5 Å². The van der Waals surface area contributed by atoms with Crippen LogP contribution in [0, 0.1) is 10.1 Å². The van der Waals surface area contributed by atoms with Gasteiger partial charge in [0.05, 0.1) is 23.1 Å². The van der Waals surface area contributed by atoms with Gasteiger partial charge in [-0.1, -0.05) is 0 Å². The first kappa shape index (κ1) is 16.5. The number of amides is 2. The number of non-ortho nitro benzene ring substituents is 1. The SMILES string of the molecule is CCOC(=O)C1=C(C)N(C)C(=O)N[C@H]1c1ccc([N+](=O)[O-])cc1. The van der Waals surface area contributed by atoms with Crippen molar-refractivity contribution in [2.45, 2.75) is 19.9 Å². The van der Waals surface area contributed by atoms with Gasteiger partial charge in [-0.3, -0.25) is 10.1 Å². The van der Waals surface area contributed by atoms with E-state index >= 15 is 0 Å². The molecule has 0 aliphatic carbocycles. The molecule has 0 aromatic heterocycles. The third-order valence-corrected chi connectivity index (χ3v) is 3.69. The lowest BCUT2D eigenvalue weighted by atomic mass is 9.95. The van der Waals surface area contributed by atoms with Crippen molar-refractivity contribution >= 4 is 17.7 Å². The predicted octanol–water partition coefficient (Wildman–Crippen LogP) is 2.13. The van der Waals surface area contributed by atoms with Gasteiger partial charge >= 0.3 is 12.0 Å². The summed E-state index contributed by atoms with van der Waals surface area (Å²) < 4.78 is 5.07. The topological polar surface area (TPSA) is 102 Å². The van der Waals surface area contributed by atoms with Crippen molar-refractivity contribution in [2.24, 2.45) is 0 Å². The van der Waals surface area contributed by atoms with Crippen molar-refractivity contribution < 1.29 is 19.2 Å². The second-order valence-electron chi connectivity index (χ2n) is 5.01. The molecule has 1 atom stereocenters. The summed E-state index contributed by atoms with van der Waals surface area (Å²) in [5.74, 6) is -0.528. The van der Waals surface area contributed by atoms with Gasteiger partial charge in [-0.15, -0.1) is 0 Å². The molecule has 0 spiro atoms. The standard InChI is InChI=1S/C15H17N3O5/c1-4-23-14(19)12-9(2)17(3)15(20)16-13(12)10-5-7-11(8-6-10)18(21)22/h5-8,13H,4H2,1-3H3,(H,16,20)/t13-/m0/s1. The van der Waals surface area contributed by atoms with Crippen LogP contribution in [0.2, 0.25) is 0 Å². The Morgan fingerprint density at radius 1 is 1.39 bits per heavy atom. The molecule has 1 aliphatic heterocycles. The molecule has 0 radical (unpaired) electrons. The summed E-state index contributed by atoms with van der Waals surface area (Å²) in [6.07, 6.45) is 0. The fourth-order valence-electron chi connectivity index (χ4n) is 2.35. The molecule has 2 amide bonds. The third-order valence-electron chi connectivity index (χ3n) is 3.69. The fourth-order valence-corrected chi connectivity index (χ4v) is 2.35. The van der Waals surface area contributed by atoms with E-state index in [0.717, 1.165) is 0 Å². The maximum atomic E-state index is 12.3. The Balaban J connectivity index is 2.46. The number of nitro benzene ring substituents is 1. The number of carbonyl (C=O) groups excluding carboxylic acids is 2. The minimum atomic E-state index is -0.710. The molecule has 0 saturated heterocycles. The summed E-state index contributed by atoms with van der Waals surface area (Å²) in [7, 11) is 1.55. The van der Waals surface area contributed by atoms with Crippen LogP contribution in [0.3, 0.4) is 0 Å². The zero-order valence-electron chi connectivity index (χ0n) is 13.0. The van der Waals surface area contributed by atoms with Crippen molar-refractivity contribution in [1.82, 2.24) is 10.2 Å². The number of ether oxygens (including phenoxy) is 1. The summed E-state index contributed by atoms with van der Waals surface area (Å²) >= 11 is 0. The maximum absolute atomic E-state index is 12.3. The number of hydrogen-bond acceptors (Lipinski definition) is 5. The van der Waals surface area contributed by atoms with Crippen molar-refractivity contribution in [3.05, 3.63) is 51.2 Å². The first-order chi connectivity index (χ1) is 10.9. The van der Waals surface area contributed by atoms with Gasteiger partial charge in [0.15, 0.2) is 0 Å². The molecule has 8 heteroatoms. The first-order valence-corrected chi connectivity index (χ1v) is 7.03. The van der Waals surface area contributed by atoms with Gasteiger partial charge in [-0.05, 0) is 31.5 Å². The van der Waals surface area contributed by atoms with E-state index in [0.29, 0.717) is 16.8 Å². The highest BCUT2D eigenvalue weighted by molar-refractivity contribution is 5.95. The van der Waals surface area contributed by atoms with Crippen molar-refractivity contribution in [2.75, 3.05) is 13.7 Å². The number of esters is 1. The van der Waals surface area contributed by atoms with Crippen molar-refractivity contribution in [1.29, 1.82) is 0 Å². The highest BCUT2D eigenvalue weighted by atomic mass is 16.6. The van der Waals surface area contributed by atoms with E-state index < -0.39 is 16.9 Å². The zero-order valence-corrected chi connectivity index (χ0v) is 13.0. The second kappa shape index (κ2) is 6.47. The summed E-state index contributed by atoms with van der Waals surface area (Å²) in [4.78, 5) is 35.8. The van der Waals surface area contributed by atoms with Crippen LogP contribution >= 0.6 is 0 Å². The van der Waals surface area contributed by atoms with Crippen molar-refractivity contribution in [3.8, 4) is 0 Å². The smallest absolute Gasteiger partial charge is 0.338 e. The molecule has 0 bridgehead atoms. The number of carbonyl (C=O) groups is 2. The highest BCUT2D eigenvalue weighted by Crippen LogP contribution is 2.31. The zero-order chi connectivity index (χ0) is 17.1.